The summed E-state index contributed by atoms with van der Waals surface area (Å²) in [5, 5.41) is 11.1. The minimum Gasteiger partial charge on any atom is -0.504 e. The van der Waals surface area contributed by atoms with Crippen LogP contribution in [0.4, 0.5) is 5.69 Å². The highest BCUT2D eigenvalue weighted by molar-refractivity contribution is 7.89. The zero-order valence-electron chi connectivity index (χ0n) is 14.0. The molecular weight excluding hydrogens is 374 g/mol. The fourth-order valence-electron chi connectivity index (χ4n) is 2.60. The molecule has 0 unspecified atom stereocenters. The number of rotatable bonds is 5. The summed E-state index contributed by atoms with van der Waals surface area (Å²) in [6.45, 7) is 1.92. The molecule has 1 aromatic heterocycles. The lowest BCUT2D eigenvalue weighted by molar-refractivity contribution is 0.463. The van der Waals surface area contributed by atoms with Crippen molar-refractivity contribution in [2.24, 2.45) is 0 Å². The highest BCUT2D eigenvalue weighted by Gasteiger charge is 2.22. The van der Waals surface area contributed by atoms with Gasteiger partial charge in [-0.05, 0) is 49.2 Å². The molecule has 0 bridgehead atoms. The summed E-state index contributed by atoms with van der Waals surface area (Å²) in [6.07, 6.45) is 0.485. The first-order chi connectivity index (χ1) is 12.3. The number of aromatic hydroxyl groups is 1. The molecule has 0 aliphatic rings. The van der Waals surface area contributed by atoms with Crippen molar-refractivity contribution in [2.75, 3.05) is 12.3 Å². The average molecular weight is 392 g/mol. The van der Waals surface area contributed by atoms with Crippen LogP contribution < -0.4 is 10.5 Å². The van der Waals surface area contributed by atoms with E-state index in [4.69, 9.17) is 17.3 Å². The van der Waals surface area contributed by atoms with Crippen molar-refractivity contribution in [1.82, 2.24) is 9.71 Å². The maximum atomic E-state index is 12.6. The maximum absolute atomic E-state index is 12.6. The molecule has 0 aliphatic carbocycles. The van der Waals surface area contributed by atoms with E-state index in [1.807, 2.05) is 12.1 Å². The first-order valence-corrected chi connectivity index (χ1v) is 9.77. The van der Waals surface area contributed by atoms with Crippen molar-refractivity contribution in [3.8, 4) is 5.75 Å². The number of hydrogen-bond donors (Lipinski definition) is 3. The lowest BCUT2D eigenvalue weighted by atomic mass is 10.1. The number of hydrogen-bond acceptors (Lipinski definition) is 5. The van der Waals surface area contributed by atoms with Crippen LogP contribution in [0.15, 0.2) is 47.4 Å². The number of aryl methyl sites for hydroxylation is 1. The Morgan fingerprint density at radius 1 is 1.19 bits per heavy atom. The summed E-state index contributed by atoms with van der Waals surface area (Å²) in [6, 6.07) is 11.9. The Kier molecular flexibility index (Phi) is 5.04. The van der Waals surface area contributed by atoms with Crippen LogP contribution in [0.3, 0.4) is 0 Å². The number of phenols is 1. The normalized spacial score (nSPS) is 11.8. The number of nitrogens with two attached hydrogens (primary N) is 1. The van der Waals surface area contributed by atoms with Gasteiger partial charge in [-0.2, -0.15) is 0 Å². The number of fused-ring (bicyclic) bond motifs is 1. The molecule has 3 rings (SSSR count). The fraction of sp³-hybridized carbons (Fsp3) is 0.167. The van der Waals surface area contributed by atoms with Crippen LogP contribution in [-0.4, -0.2) is 25.1 Å². The van der Waals surface area contributed by atoms with E-state index in [1.165, 1.54) is 6.07 Å². The van der Waals surface area contributed by atoms with E-state index in [-0.39, 0.29) is 22.0 Å². The summed E-state index contributed by atoms with van der Waals surface area (Å²) < 4.78 is 27.7. The Balaban J connectivity index is 1.86. The molecule has 6 nitrogen and oxygen atoms in total. The second-order valence-electron chi connectivity index (χ2n) is 5.94. The second-order valence-corrected chi connectivity index (χ2v) is 8.09. The van der Waals surface area contributed by atoms with Crippen molar-refractivity contribution < 1.29 is 13.5 Å². The van der Waals surface area contributed by atoms with Crippen LogP contribution in [-0.2, 0) is 16.4 Å². The number of nitrogen functional groups attached to an aromatic ring is 1. The van der Waals surface area contributed by atoms with Gasteiger partial charge in [0, 0.05) is 23.3 Å². The summed E-state index contributed by atoms with van der Waals surface area (Å²) >= 11 is 6.18. The van der Waals surface area contributed by atoms with E-state index in [1.54, 1.807) is 31.2 Å². The van der Waals surface area contributed by atoms with Crippen molar-refractivity contribution >= 4 is 38.2 Å². The molecule has 8 heteroatoms. The first-order valence-electron chi connectivity index (χ1n) is 7.91. The van der Waals surface area contributed by atoms with E-state index < -0.39 is 15.8 Å². The number of aromatic nitrogens is 1. The molecule has 3 aromatic rings. The monoisotopic (exact) mass is 391 g/mol. The quantitative estimate of drug-likeness (QED) is 0.580. The number of phenolic OH excluding ortho intramolecular Hbond substituents is 1. The minimum atomic E-state index is -3.95. The maximum Gasteiger partial charge on any atom is 0.244 e. The van der Waals surface area contributed by atoms with Crippen LogP contribution in [0, 0.1) is 6.92 Å². The Morgan fingerprint density at radius 3 is 2.58 bits per heavy atom. The molecule has 0 atom stereocenters. The molecule has 136 valence electrons. The van der Waals surface area contributed by atoms with Crippen molar-refractivity contribution in [3.05, 3.63) is 58.7 Å². The molecule has 0 aliphatic heterocycles. The molecule has 0 fully saturated rings. The van der Waals surface area contributed by atoms with Crippen LogP contribution in [0.1, 0.15) is 11.3 Å². The largest absolute Gasteiger partial charge is 0.504 e. The standard InChI is InChI=1S/C18H18ClN3O3S/c1-11-2-7-14-15(19)10-16(18(23)17(14)22-11)26(24,25)21-9-8-12-3-5-13(20)6-4-12/h2-7,10,21,23H,8-9,20H2,1H3. The minimum absolute atomic E-state index is 0.163. The van der Waals surface area contributed by atoms with E-state index >= 15 is 0 Å². The van der Waals surface area contributed by atoms with Gasteiger partial charge in [-0.25, -0.2) is 18.1 Å². The highest BCUT2D eigenvalue weighted by Crippen LogP contribution is 2.35. The summed E-state index contributed by atoms with van der Waals surface area (Å²) in [4.78, 5) is 3.92. The number of nitrogens with zero attached hydrogens (tertiary/aromatic N) is 1. The number of anilines is 1. The van der Waals surface area contributed by atoms with Gasteiger partial charge in [0.05, 0.1) is 5.02 Å². The van der Waals surface area contributed by atoms with Crippen molar-refractivity contribution in [3.63, 3.8) is 0 Å². The van der Waals surface area contributed by atoms with Gasteiger partial charge in [0.2, 0.25) is 10.0 Å². The lowest BCUT2D eigenvalue weighted by Crippen LogP contribution is -2.26. The van der Waals surface area contributed by atoms with Crippen LogP contribution in [0.2, 0.25) is 5.02 Å². The predicted octanol–water partition coefficient (Wildman–Crippen LogP) is 3.01. The number of nitrogens with one attached hydrogen (secondary N) is 1. The van der Waals surface area contributed by atoms with Gasteiger partial charge in [0.15, 0.2) is 5.75 Å². The van der Waals surface area contributed by atoms with Crippen molar-refractivity contribution in [1.29, 1.82) is 0 Å². The van der Waals surface area contributed by atoms with Crippen LogP contribution >= 0.6 is 11.6 Å². The third kappa shape index (κ3) is 3.75. The topological polar surface area (TPSA) is 105 Å². The number of pyridine rings is 1. The second kappa shape index (κ2) is 7.11. The third-order valence-corrected chi connectivity index (χ3v) is 5.77. The fourth-order valence-corrected chi connectivity index (χ4v) is 4.08. The summed E-state index contributed by atoms with van der Waals surface area (Å²) in [5.74, 6) is -0.409. The van der Waals surface area contributed by atoms with Gasteiger partial charge in [-0.1, -0.05) is 23.7 Å². The van der Waals surface area contributed by atoms with E-state index in [2.05, 4.69) is 9.71 Å². The molecule has 0 saturated carbocycles. The molecule has 26 heavy (non-hydrogen) atoms. The van der Waals surface area contributed by atoms with Crippen LogP contribution in [0.5, 0.6) is 5.75 Å². The zero-order valence-corrected chi connectivity index (χ0v) is 15.6. The molecule has 0 spiro atoms. The average Bonchev–Trinajstić information content (AvgIpc) is 2.59. The van der Waals surface area contributed by atoms with Gasteiger partial charge in [-0.15, -0.1) is 0 Å². The van der Waals surface area contributed by atoms with E-state index in [0.717, 1.165) is 5.56 Å². The molecule has 2 aromatic carbocycles. The SMILES string of the molecule is Cc1ccc2c(Cl)cc(S(=O)(=O)NCCc3ccc(N)cc3)c(O)c2n1. The smallest absolute Gasteiger partial charge is 0.244 e. The van der Waals surface area contributed by atoms with Gasteiger partial charge in [-0.3, -0.25) is 0 Å². The lowest BCUT2D eigenvalue weighted by Gasteiger charge is -2.12. The van der Waals surface area contributed by atoms with Gasteiger partial charge < -0.3 is 10.8 Å². The van der Waals surface area contributed by atoms with Gasteiger partial charge >= 0.3 is 0 Å². The molecule has 0 amide bonds. The Bertz CT molecular complexity index is 1070. The van der Waals surface area contributed by atoms with Crippen molar-refractivity contribution in [2.45, 2.75) is 18.2 Å². The van der Waals surface area contributed by atoms with Gasteiger partial charge in [0.1, 0.15) is 10.4 Å². The Hall–Kier alpha value is -2.35. The number of sulfonamides is 1. The van der Waals surface area contributed by atoms with Crippen LogP contribution in [0.25, 0.3) is 10.9 Å². The Labute approximate surface area is 156 Å². The highest BCUT2D eigenvalue weighted by atomic mass is 35.5. The number of halogens is 1. The molecule has 4 N–H and O–H groups in total. The zero-order chi connectivity index (χ0) is 18.9. The van der Waals surface area contributed by atoms with E-state index in [0.29, 0.717) is 23.2 Å². The summed E-state index contributed by atoms with van der Waals surface area (Å²) in [5.41, 5.74) is 8.03. The van der Waals surface area contributed by atoms with E-state index in [9.17, 15) is 13.5 Å². The molecule has 0 saturated heterocycles. The summed E-state index contributed by atoms with van der Waals surface area (Å²) in [7, 11) is -3.95. The molecule has 0 radical (unpaired) electrons. The first kappa shape index (κ1) is 18.4. The Morgan fingerprint density at radius 2 is 1.88 bits per heavy atom. The molecular formula is C18H18ClN3O3S. The van der Waals surface area contributed by atoms with Gasteiger partial charge in [0.25, 0.3) is 0 Å². The molecule has 1 heterocycles. The third-order valence-electron chi connectivity index (χ3n) is 3.98. The number of benzene rings is 2. The predicted molar refractivity (Wildman–Crippen MR) is 103 cm³/mol.